The molecule has 2 aromatic carbocycles. The van der Waals surface area contributed by atoms with E-state index in [-0.39, 0.29) is 5.91 Å². The van der Waals surface area contributed by atoms with Crippen molar-refractivity contribution in [2.45, 2.75) is 141 Å². The van der Waals surface area contributed by atoms with Gasteiger partial charge >= 0.3 is 0 Å². The van der Waals surface area contributed by atoms with E-state index >= 15 is 0 Å². The first-order valence-corrected chi connectivity index (χ1v) is 21.8. The van der Waals surface area contributed by atoms with Crippen molar-refractivity contribution in [1.29, 1.82) is 0 Å². The van der Waals surface area contributed by atoms with E-state index in [0.717, 1.165) is 64.2 Å². The summed E-state index contributed by atoms with van der Waals surface area (Å²) in [6.07, 6.45) is 16.9. The highest BCUT2D eigenvalue weighted by Gasteiger charge is 2.21. The number of hydrogen-bond donors (Lipinski definition) is 8. The fourth-order valence-corrected chi connectivity index (χ4v) is 7.14. The van der Waals surface area contributed by atoms with Gasteiger partial charge in [-0.2, -0.15) is 0 Å². The van der Waals surface area contributed by atoms with Gasteiger partial charge in [0.05, 0.1) is 0 Å². The Morgan fingerprint density at radius 2 is 1.30 bits per heavy atom. The van der Waals surface area contributed by atoms with Crippen molar-refractivity contribution in [3.63, 3.8) is 0 Å². The third-order valence-corrected chi connectivity index (χ3v) is 10.6. The molecule has 9 nitrogen and oxygen atoms in total. The Bertz CT molecular complexity index is 1190. The maximum absolute atomic E-state index is 11.5. The lowest BCUT2D eigenvalue weighted by Crippen LogP contribution is -2.31. The molecule has 4 unspecified atom stereocenters. The molecule has 3 fully saturated rings. The summed E-state index contributed by atoms with van der Waals surface area (Å²) in [5.74, 6) is 1.58. The second-order valence-electron chi connectivity index (χ2n) is 16.4. The molecule has 306 valence electrons. The molecule has 9 heteroatoms. The van der Waals surface area contributed by atoms with Crippen LogP contribution in [-0.4, -0.2) is 82.4 Å². The van der Waals surface area contributed by atoms with Gasteiger partial charge in [-0.25, -0.2) is 0 Å². The highest BCUT2D eigenvalue weighted by Crippen LogP contribution is 2.27. The van der Waals surface area contributed by atoms with Gasteiger partial charge in [0.25, 0.3) is 0 Å². The summed E-state index contributed by atoms with van der Waals surface area (Å²) in [5, 5.41) is 20.5. The van der Waals surface area contributed by atoms with Gasteiger partial charge in [-0.05, 0) is 151 Å². The highest BCUT2D eigenvalue weighted by atomic mass is 16.1. The second-order valence-corrected chi connectivity index (χ2v) is 16.4. The Balaban J connectivity index is 0.000000228. The van der Waals surface area contributed by atoms with Gasteiger partial charge in [-0.15, -0.1) is 0 Å². The Morgan fingerprint density at radius 1 is 0.667 bits per heavy atom. The Kier molecular flexibility index (Phi) is 24.7. The molecule has 2 aromatic rings. The van der Waals surface area contributed by atoms with Crippen molar-refractivity contribution in [3.8, 4) is 11.1 Å². The molecule has 0 spiro atoms. The van der Waals surface area contributed by atoms with E-state index in [1.54, 1.807) is 0 Å². The van der Waals surface area contributed by atoms with Crippen molar-refractivity contribution in [2.24, 2.45) is 23.3 Å². The maximum Gasteiger partial charge on any atom is 0.220 e. The fourth-order valence-electron chi connectivity index (χ4n) is 7.14. The number of carbonyl (C=O) groups excluding carboxylic acids is 1. The SMILES string of the molecule is CC(C)CC(=O)NCCCNCc1ccc(-c2ccccc2)cc1.CCNCCCNC1CCCC(N)CC1.NC1CCC(NCCCNCC2CC2)C1. The maximum atomic E-state index is 11.5. The number of nitrogens with one attached hydrogen (secondary N) is 6. The summed E-state index contributed by atoms with van der Waals surface area (Å²) < 4.78 is 0. The molecule has 3 aliphatic carbocycles. The molecule has 0 heterocycles. The number of amides is 1. The lowest BCUT2D eigenvalue weighted by atomic mass is 10.0. The van der Waals surface area contributed by atoms with Crippen LogP contribution in [0.4, 0.5) is 0 Å². The fraction of sp³-hybridized carbons (Fsp3) is 0.711. The number of hydrogen-bond acceptors (Lipinski definition) is 8. The third-order valence-electron chi connectivity index (χ3n) is 10.6. The molecule has 0 aliphatic heterocycles. The molecular weight excluding hydrogens is 669 g/mol. The average molecular weight is 749 g/mol. The summed E-state index contributed by atoms with van der Waals surface area (Å²) in [5.41, 5.74) is 15.6. The minimum Gasteiger partial charge on any atom is -0.356 e. The van der Waals surface area contributed by atoms with Gasteiger partial charge in [0.2, 0.25) is 5.91 Å². The van der Waals surface area contributed by atoms with E-state index in [1.165, 1.54) is 107 Å². The van der Waals surface area contributed by atoms with Gasteiger partial charge in [-0.3, -0.25) is 4.79 Å². The van der Waals surface area contributed by atoms with Crippen LogP contribution in [0, 0.1) is 11.8 Å². The van der Waals surface area contributed by atoms with Crippen molar-refractivity contribution in [2.75, 3.05) is 52.4 Å². The molecular formula is C45H80N8O. The minimum atomic E-state index is 0.154. The Labute approximate surface area is 330 Å². The predicted octanol–water partition coefficient (Wildman–Crippen LogP) is 6.08. The first kappa shape index (κ1) is 46.0. The predicted molar refractivity (Wildman–Crippen MR) is 231 cm³/mol. The van der Waals surface area contributed by atoms with Crippen molar-refractivity contribution >= 4 is 5.91 Å². The van der Waals surface area contributed by atoms with E-state index in [9.17, 15) is 4.79 Å². The van der Waals surface area contributed by atoms with Gasteiger partial charge in [0, 0.05) is 43.7 Å². The molecule has 3 aliphatic rings. The van der Waals surface area contributed by atoms with Crippen molar-refractivity contribution in [3.05, 3.63) is 60.2 Å². The third kappa shape index (κ3) is 22.9. The van der Waals surface area contributed by atoms with Crippen LogP contribution in [0.15, 0.2) is 54.6 Å². The summed E-state index contributed by atoms with van der Waals surface area (Å²) in [6.45, 7) is 15.7. The zero-order chi connectivity index (χ0) is 38.6. The molecule has 0 bridgehead atoms. The van der Waals surface area contributed by atoms with E-state index < -0.39 is 0 Å². The number of benzene rings is 2. The van der Waals surface area contributed by atoms with E-state index in [4.69, 9.17) is 11.5 Å². The van der Waals surface area contributed by atoms with Crippen LogP contribution in [0.25, 0.3) is 11.1 Å². The van der Waals surface area contributed by atoms with E-state index in [1.807, 2.05) is 6.07 Å². The molecule has 10 N–H and O–H groups in total. The Hall–Kier alpha value is -2.37. The lowest BCUT2D eigenvalue weighted by Gasteiger charge is -2.16. The normalized spacial score (nSPS) is 21.1. The Morgan fingerprint density at radius 3 is 1.96 bits per heavy atom. The van der Waals surface area contributed by atoms with Crippen LogP contribution in [-0.2, 0) is 11.3 Å². The molecule has 3 saturated carbocycles. The second kappa shape index (κ2) is 29.0. The molecule has 0 aromatic heterocycles. The quantitative estimate of drug-likeness (QED) is 0.0536. The van der Waals surface area contributed by atoms with E-state index in [0.29, 0.717) is 30.5 Å². The average Bonchev–Trinajstić information content (AvgIpc) is 3.95. The monoisotopic (exact) mass is 749 g/mol. The van der Waals surface area contributed by atoms with Gasteiger partial charge in [0.15, 0.2) is 0 Å². The van der Waals surface area contributed by atoms with Crippen molar-refractivity contribution in [1.82, 2.24) is 31.9 Å². The van der Waals surface area contributed by atoms with Crippen LogP contribution in [0.2, 0.25) is 0 Å². The summed E-state index contributed by atoms with van der Waals surface area (Å²) in [6, 6.07) is 21.4. The molecule has 0 saturated heterocycles. The molecule has 0 radical (unpaired) electrons. The number of rotatable bonds is 22. The number of nitrogens with two attached hydrogens (primary N) is 2. The van der Waals surface area contributed by atoms with Crippen LogP contribution < -0.4 is 43.4 Å². The van der Waals surface area contributed by atoms with Crippen LogP contribution in [0.3, 0.4) is 0 Å². The summed E-state index contributed by atoms with van der Waals surface area (Å²) in [4.78, 5) is 11.5. The molecule has 5 rings (SSSR count). The smallest absolute Gasteiger partial charge is 0.220 e. The largest absolute Gasteiger partial charge is 0.356 e. The summed E-state index contributed by atoms with van der Waals surface area (Å²) >= 11 is 0. The zero-order valence-electron chi connectivity index (χ0n) is 34.5. The summed E-state index contributed by atoms with van der Waals surface area (Å²) in [7, 11) is 0. The van der Waals surface area contributed by atoms with Gasteiger partial charge in [0.1, 0.15) is 0 Å². The van der Waals surface area contributed by atoms with Crippen molar-refractivity contribution < 1.29 is 4.79 Å². The lowest BCUT2D eigenvalue weighted by molar-refractivity contribution is -0.121. The zero-order valence-corrected chi connectivity index (χ0v) is 34.5. The van der Waals surface area contributed by atoms with Gasteiger partial charge in [-0.1, -0.05) is 81.8 Å². The van der Waals surface area contributed by atoms with E-state index in [2.05, 4.69) is 101 Å². The number of carbonyl (C=O) groups is 1. The minimum absolute atomic E-state index is 0.154. The molecule has 4 atom stereocenters. The van der Waals surface area contributed by atoms with Gasteiger partial charge < -0.3 is 43.4 Å². The molecule has 1 amide bonds. The topological polar surface area (TPSA) is 141 Å². The molecule has 54 heavy (non-hydrogen) atoms. The van der Waals surface area contributed by atoms with Crippen LogP contribution in [0.5, 0.6) is 0 Å². The standard InChI is InChI=1S/C21H28N2O.C12H25N3.C12H27N3/c1-17(2)15-21(24)23-14-6-13-22-16-18-9-11-20(12-10-18)19-7-4-3-5-8-19;13-11-4-5-12(8-11)15-7-1-6-14-9-10-2-3-10;1-2-14-9-4-10-15-12-6-3-5-11(13)7-8-12/h3-5,7-12,17,22H,6,13-16H2,1-2H3,(H,23,24);10-12,14-15H,1-9,13H2;11-12,14-15H,2-10,13H2,1H3. The highest BCUT2D eigenvalue weighted by molar-refractivity contribution is 5.76. The van der Waals surface area contributed by atoms with Crippen LogP contribution >= 0.6 is 0 Å². The first-order valence-electron chi connectivity index (χ1n) is 21.8. The van der Waals surface area contributed by atoms with Crippen LogP contribution in [0.1, 0.15) is 116 Å². The first-order chi connectivity index (χ1) is 26.3.